The summed E-state index contributed by atoms with van der Waals surface area (Å²) in [6, 6.07) is 0. The summed E-state index contributed by atoms with van der Waals surface area (Å²) in [5, 5.41) is 3.68. The Morgan fingerprint density at radius 1 is 1.89 bits per heavy atom. The van der Waals surface area contributed by atoms with Gasteiger partial charge < -0.3 is 5.11 Å². The summed E-state index contributed by atoms with van der Waals surface area (Å²) in [5.74, 6) is 2.22. The monoisotopic (exact) mass is 191 g/mol. The van der Waals surface area contributed by atoms with Gasteiger partial charge in [0.15, 0.2) is 0 Å². The molecule has 0 aliphatic carbocycles. The molecule has 1 N–H and O–H groups in total. The average Bonchev–Trinajstić information content (AvgIpc) is 1.98. The van der Waals surface area contributed by atoms with Gasteiger partial charge in [0.2, 0.25) is 0 Å². The zero-order valence-electron chi connectivity index (χ0n) is 5.82. The minimum Gasteiger partial charge on any atom is -0.481 e. The minimum atomic E-state index is -0.503. The molecule has 0 saturated heterocycles. The zero-order valence-corrected chi connectivity index (χ0v) is 6.40. The molecule has 0 aliphatic rings. The Morgan fingerprint density at radius 2 is 2.67 bits per heavy atom. The summed E-state index contributed by atoms with van der Waals surface area (Å²) in [6.07, 6.45) is 1.57. The smallest absolute Gasteiger partial charge is 0.303 e. The van der Waals surface area contributed by atoms with E-state index >= 15 is 0 Å². The lowest BCUT2D eigenvalue weighted by Gasteiger charge is -1.85. The number of rotatable bonds is 3. The topological polar surface area (TPSA) is 37.3 Å². The van der Waals surface area contributed by atoms with Gasteiger partial charge in [-0.15, -0.1) is 0 Å². The molecule has 0 aromatic carbocycles. The van der Waals surface area contributed by atoms with E-state index in [9.17, 15) is 4.79 Å². The van der Waals surface area contributed by atoms with Gasteiger partial charge in [-0.2, -0.15) is 0 Å². The molecule has 3 heteroatoms. The van der Waals surface area contributed by atoms with Crippen molar-refractivity contribution >= 4 is 21.9 Å². The maximum atomic E-state index is 10.3. The van der Waals surface area contributed by atoms with E-state index in [1.807, 2.05) is 0 Å². The first kappa shape index (κ1) is 6.63. The maximum Gasteiger partial charge on any atom is 0.303 e. The summed E-state index contributed by atoms with van der Waals surface area (Å²) in [7, 11) is 0. The van der Waals surface area contributed by atoms with Crippen LogP contribution < -0.4 is 0 Å². The molecule has 0 saturated carbocycles. The number of carboxylic acids is 1. The third-order valence-corrected chi connectivity index (χ3v) is 1.03. The van der Waals surface area contributed by atoms with Gasteiger partial charge in [-0.3, -0.25) is 4.79 Å². The maximum absolute atomic E-state index is 10.3. The summed E-state index contributed by atoms with van der Waals surface area (Å²) in [4.78, 5) is 12.8. The summed E-state index contributed by atoms with van der Waals surface area (Å²) >= 11 is 2.92. The van der Waals surface area contributed by atoms with Crippen LogP contribution in [0.25, 0.3) is 1.43 Å². The van der Waals surface area contributed by atoms with Crippen molar-refractivity contribution in [3.8, 4) is 10.8 Å². The Hall–Kier alpha value is -0.490. The number of carboxylic acid groups (broad SMARTS) is 1. The van der Waals surface area contributed by atoms with Crippen molar-refractivity contribution in [3.05, 3.63) is 0 Å². The first-order valence-corrected chi connectivity index (χ1v) is 3.35. The van der Waals surface area contributed by atoms with Gasteiger partial charge in [-0.1, -0.05) is 5.92 Å². The molecule has 0 bridgehead atoms. The molecule has 0 atom stereocenters. The first-order chi connectivity index (χ1) is 4.81. The number of hydrogen-bond acceptors (Lipinski definition) is 2. The van der Waals surface area contributed by atoms with Crippen molar-refractivity contribution in [1.82, 2.24) is 0 Å². The number of hydrogen-bond donors (Lipinski definition) is 1. The van der Waals surface area contributed by atoms with E-state index in [1.165, 1.54) is 0 Å². The molecule has 0 heterocycles. The second kappa shape index (κ2) is 5.64. The fourth-order valence-electron chi connectivity index (χ4n) is 0.368. The van der Waals surface area contributed by atoms with Crippen LogP contribution >= 0.6 is 15.9 Å². The molecule has 0 rings (SSSR count). The highest BCUT2D eigenvalue weighted by atomic mass is 79.9. The largest absolute Gasteiger partial charge is 0.481 e. The van der Waals surface area contributed by atoms with Crippen LogP contribution in [-0.4, -0.2) is 11.1 Å². The number of halogens is 1. The van der Waals surface area contributed by atoms with Crippen LogP contribution in [0.5, 0.6) is 0 Å². The van der Waals surface area contributed by atoms with E-state index in [1.54, 1.807) is 0 Å². The summed E-state index contributed by atoms with van der Waals surface area (Å²) < 4.78 is 6.19. The lowest BCUT2D eigenvalue weighted by molar-refractivity contribution is -0.137. The summed E-state index contributed by atoms with van der Waals surface area (Å²) in [6.45, 7) is 0. The average molecular weight is 192 g/mol. The molecule has 50 valence electrons. The summed E-state index contributed by atoms with van der Waals surface area (Å²) in [5.41, 5.74) is 0. The molecule has 0 radical (unpaired) electrons. The fourth-order valence-corrected chi connectivity index (χ4v) is 0.567. The van der Waals surface area contributed by atoms with Gasteiger partial charge in [0, 0.05) is 28.8 Å². The molecule has 0 aliphatic heterocycles. The van der Waals surface area contributed by atoms with Crippen molar-refractivity contribution in [2.45, 2.75) is 19.3 Å². The van der Waals surface area contributed by atoms with Gasteiger partial charge in [0.1, 0.15) is 0 Å². The van der Waals surface area contributed by atoms with E-state index in [0.717, 1.165) is 0 Å². The Labute approximate surface area is 63.9 Å². The molecule has 0 aromatic rings. The number of carbonyl (C=O) groups is 1. The van der Waals surface area contributed by atoms with E-state index in [2.05, 4.69) is 31.8 Å². The Morgan fingerprint density at radius 3 is 3.22 bits per heavy atom. The Kier molecular flexibility index (Phi) is 4.16. The second-order valence-corrected chi connectivity index (χ2v) is 1.89. The van der Waals surface area contributed by atoms with Crippen molar-refractivity contribution in [3.63, 3.8) is 0 Å². The quantitative estimate of drug-likeness (QED) is 0.544. The highest BCUT2D eigenvalue weighted by Gasteiger charge is 1.92. The Bertz CT molecular complexity index is 159. The molecule has 0 amide bonds. The van der Waals surface area contributed by atoms with Gasteiger partial charge in [-0.25, -0.2) is 0 Å². The lowest BCUT2D eigenvalue weighted by Crippen LogP contribution is -1.92. The number of aliphatic carboxylic acids is 1. The highest BCUT2D eigenvalue weighted by Crippen LogP contribution is 1.92. The predicted molar refractivity (Wildman–Crippen MR) is 38.2 cm³/mol. The zero-order chi connectivity index (χ0) is 7.82. The van der Waals surface area contributed by atoms with Gasteiger partial charge in [0.05, 0.1) is 0 Å². The Balaban J connectivity index is 3.17. The van der Waals surface area contributed by atoms with Crippen LogP contribution in [0, 0.1) is 10.8 Å². The molecule has 0 fully saturated rings. The molecule has 0 aromatic heterocycles. The molecular weight excluding hydrogens is 184 g/mol. The third kappa shape index (κ3) is 7.51. The van der Waals surface area contributed by atoms with Crippen LogP contribution in [0.15, 0.2) is 0 Å². The van der Waals surface area contributed by atoms with Crippen LogP contribution in [0.3, 0.4) is 0 Å². The van der Waals surface area contributed by atoms with Crippen molar-refractivity contribution in [2.75, 3.05) is 0 Å². The second-order valence-electron chi connectivity index (χ2n) is 1.50. The SMILES string of the molecule is [2H]OC(=O)CCCC#CBr. The molecule has 0 unspecified atom stereocenters. The molecule has 9 heavy (non-hydrogen) atoms. The van der Waals surface area contributed by atoms with E-state index < -0.39 is 5.97 Å². The normalized spacial score (nSPS) is 8.78. The van der Waals surface area contributed by atoms with E-state index in [0.29, 0.717) is 12.8 Å². The van der Waals surface area contributed by atoms with E-state index in [4.69, 9.17) is 1.43 Å². The van der Waals surface area contributed by atoms with Gasteiger partial charge >= 0.3 is 5.97 Å². The van der Waals surface area contributed by atoms with Crippen molar-refractivity contribution in [1.29, 1.82) is 1.43 Å². The third-order valence-electron chi connectivity index (χ3n) is 0.749. The van der Waals surface area contributed by atoms with E-state index in [-0.39, 0.29) is 6.42 Å². The lowest BCUT2D eigenvalue weighted by atomic mass is 10.2. The molecule has 0 spiro atoms. The van der Waals surface area contributed by atoms with Gasteiger partial charge in [0.25, 0.3) is 1.43 Å². The predicted octanol–water partition coefficient (Wildman–Crippen LogP) is 1.60. The standard InChI is InChI=1S/C6H7BrO2/c7-5-3-1-2-4-6(8)9/h1-2,4H2,(H,8,9)/i/hD. The highest BCUT2D eigenvalue weighted by molar-refractivity contribution is 9.12. The fraction of sp³-hybridized carbons (Fsp3) is 0.500. The minimum absolute atomic E-state index is 0.269. The van der Waals surface area contributed by atoms with Crippen molar-refractivity contribution < 1.29 is 9.90 Å². The molecular formula is C6H7BrO2. The van der Waals surface area contributed by atoms with Crippen LogP contribution in [0.2, 0.25) is 0 Å². The van der Waals surface area contributed by atoms with Crippen molar-refractivity contribution in [2.24, 2.45) is 0 Å². The molecule has 2 nitrogen and oxygen atoms in total. The van der Waals surface area contributed by atoms with Crippen LogP contribution in [-0.2, 0) is 4.79 Å². The van der Waals surface area contributed by atoms with Gasteiger partial charge in [-0.05, 0) is 11.3 Å². The van der Waals surface area contributed by atoms with Crippen LogP contribution in [0.1, 0.15) is 19.3 Å². The first-order valence-electron chi connectivity index (χ1n) is 2.96. The van der Waals surface area contributed by atoms with Crippen LogP contribution in [0.4, 0.5) is 0 Å². The number of unbranched alkanes of at least 4 members (excludes halogenated alkanes) is 1.